The van der Waals surface area contributed by atoms with Crippen molar-refractivity contribution in [2.24, 2.45) is 0 Å². The van der Waals surface area contributed by atoms with Gasteiger partial charge in [0.15, 0.2) is 5.76 Å². The molecular formula is C14H10ClN3O5. The fraction of sp³-hybridized carbons (Fsp3) is 0. The van der Waals surface area contributed by atoms with E-state index >= 15 is 0 Å². The number of para-hydroxylation sites is 1. The lowest BCUT2D eigenvalue weighted by atomic mass is 10.2. The first-order valence-electron chi connectivity index (χ1n) is 6.19. The van der Waals surface area contributed by atoms with Gasteiger partial charge in [0, 0.05) is 6.20 Å². The molecular weight excluding hydrogens is 326 g/mol. The molecule has 0 spiro atoms. The lowest BCUT2D eigenvalue weighted by Gasteiger charge is -1.98. The van der Waals surface area contributed by atoms with Crippen LogP contribution in [0.3, 0.4) is 0 Å². The molecule has 3 rings (SSSR count). The zero-order valence-electron chi connectivity index (χ0n) is 11.4. The first-order valence-corrected chi connectivity index (χ1v) is 6.19. The molecule has 118 valence electrons. The van der Waals surface area contributed by atoms with Crippen LogP contribution in [0.15, 0.2) is 53.1 Å². The van der Waals surface area contributed by atoms with E-state index in [0.29, 0.717) is 5.69 Å². The molecule has 0 saturated heterocycles. The lowest BCUT2D eigenvalue weighted by Crippen LogP contribution is -1.96. The number of carbonyl (C=O) groups is 1. The van der Waals surface area contributed by atoms with Crippen LogP contribution in [0.5, 0.6) is 0 Å². The number of aromatic nitrogens is 2. The molecule has 2 aromatic heterocycles. The van der Waals surface area contributed by atoms with Crippen LogP contribution in [0.4, 0.5) is 5.88 Å². The monoisotopic (exact) mass is 335 g/mol. The zero-order valence-corrected chi connectivity index (χ0v) is 12.3. The number of furan rings is 1. The van der Waals surface area contributed by atoms with Crippen molar-refractivity contribution < 1.29 is 19.2 Å². The van der Waals surface area contributed by atoms with Crippen LogP contribution in [0.25, 0.3) is 17.1 Å². The minimum absolute atomic E-state index is 0. The second-order valence-corrected chi connectivity index (χ2v) is 4.37. The molecule has 0 amide bonds. The maximum absolute atomic E-state index is 11.4. The molecule has 3 aromatic rings. The normalized spacial score (nSPS) is 10.1. The maximum atomic E-state index is 11.4. The molecule has 0 aliphatic heterocycles. The fourth-order valence-corrected chi connectivity index (χ4v) is 1.98. The maximum Gasteiger partial charge on any atom is 0.433 e. The third-order valence-electron chi connectivity index (χ3n) is 2.97. The van der Waals surface area contributed by atoms with Gasteiger partial charge in [-0.2, -0.15) is 5.10 Å². The lowest BCUT2D eigenvalue weighted by molar-refractivity contribution is -0.401. The number of hydrogen-bond acceptors (Lipinski definition) is 5. The van der Waals surface area contributed by atoms with Crippen molar-refractivity contribution in [1.82, 2.24) is 9.78 Å². The molecule has 0 atom stereocenters. The van der Waals surface area contributed by atoms with E-state index in [4.69, 9.17) is 4.42 Å². The topological polar surface area (TPSA) is 111 Å². The summed E-state index contributed by atoms with van der Waals surface area (Å²) in [6, 6.07) is 11.4. The van der Waals surface area contributed by atoms with E-state index in [1.807, 2.05) is 6.07 Å². The van der Waals surface area contributed by atoms with Gasteiger partial charge in [-0.05, 0) is 18.2 Å². The van der Waals surface area contributed by atoms with Crippen LogP contribution in [-0.2, 0) is 0 Å². The molecule has 0 radical (unpaired) electrons. The van der Waals surface area contributed by atoms with E-state index in [1.54, 1.807) is 24.3 Å². The minimum Gasteiger partial charge on any atom is -0.478 e. The van der Waals surface area contributed by atoms with Crippen molar-refractivity contribution in [2.45, 2.75) is 0 Å². The number of benzene rings is 1. The van der Waals surface area contributed by atoms with E-state index in [-0.39, 0.29) is 29.4 Å². The van der Waals surface area contributed by atoms with E-state index in [9.17, 15) is 20.0 Å². The smallest absolute Gasteiger partial charge is 0.433 e. The Hall–Kier alpha value is -3.13. The van der Waals surface area contributed by atoms with Crippen LogP contribution in [0.2, 0.25) is 0 Å². The van der Waals surface area contributed by atoms with Crippen molar-refractivity contribution >= 4 is 24.3 Å². The van der Waals surface area contributed by atoms with E-state index in [0.717, 1.165) is 6.07 Å². The summed E-state index contributed by atoms with van der Waals surface area (Å²) in [6.07, 6.45) is 1.33. The number of halogens is 1. The van der Waals surface area contributed by atoms with Crippen LogP contribution in [-0.4, -0.2) is 25.8 Å². The Morgan fingerprint density at radius 3 is 2.48 bits per heavy atom. The molecule has 23 heavy (non-hydrogen) atoms. The quantitative estimate of drug-likeness (QED) is 0.579. The number of rotatable bonds is 4. The summed E-state index contributed by atoms with van der Waals surface area (Å²) < 4.78 is 6.41. The van der Waals surface area contributed by atoms with E-state index in [2.05, 4.69) is 5.10 Å². The standard InChI is InChI=1S/C14H9N3O5.ClH/c18-14(19)10-8-16(9-4-2-1-3-5-9)15-13(10)11-6-7-12(22-11)17(20)21;/h1-8H,(H,18,19);1H. The predicted octanol–water partition coefficient (Wildman–Crippen LogP) is 3.16. The van der Waals surface area contributed by atoms with Crippen molar-refractivity contribution in [1.29, 1.82) is 0 Å². The molecule has 0 aliphatic rings. The summed E-state index contributed by atoms with van der Waals surface area (Å²) in [4.78, 5) is 21.3. The average molecular weight is 336 g/mol. The van der Waals surface area contributed by atoms with E-state index in [1.165, 1.54) is 16.9 Å². The highest BCUT2D eigenvalue weighted by atomic mass is 35.5. The number of carboxylic acids is 1. The molecule has 1 N–H and O–H groups in total. The fourth-order valence-electron chi connectivity index (χ4n) is 1.98. The molecule has 8 nitrogen and oxygen atoms in total. The van der Waals surface area contributed by atoms with Gasteiger partial charge in [0.2, 0.25) is 0 Å². The Bertz CT molecular complexity index is 856. The Labute approximate surface area is 135 Å². The largest absolute Gasteiger partial charge is 0.478 e. The molecule has 9 heteroatoms. The van der Waals surface area contributed by atoms with Crippen molar-refractivity contribution in [2.75, 3.05) is 0 Å². The summed E-state index contributed by atoms with van der Waals surface area (Å²) in [5, 5.41) is 24.1. The van der Waals surface area contributed by atoms with Crippen LogP contribution in [0.1, 0.15) is 10.4 Å². The SMILES string of the molecule is Cl.O=C(O)c1cn(-c2ccccc2)nc1-c1ccc([N+](=O)[O-])o1. The highest BCUT2D eigenvalue weighted by molar-refractivity contribution is 5.94. The van der Waals surface area contributed by atoms with Gasteiger partial charge < -0.3 is 9.52 Å². The predicted molar refractivity (Wildman–Crippen MR) is 82.1 cm³/mol. The van der Waals surface area contributed by atoms with Gasteiger partial charge >= 0.3 is 11.9 Å². The minimum atomic E-state index is -1.20. The second kappa shape index (κ2) is 6.32. The Morgan fingerprint density at radius 1 is 1.22 bits per heavy atom. The Kier molecular flexibility index (Phi) is 4.47. The van der Waals surface area contributed by atoms with Gasteiger partial charge in [0.1, 0.15) is 16.2 Å². The molecule has 2 heterocycles. The summed E-state index contributed by atoms with van der Waals surface area (Å²) in [6.45, 7) is 0. The summed E-state index contributed by atoms with van der Waals surface area (Å²) >= 11 is 0. The second-order valence-electron chi connectivity index (χ2n) is 4.37. The Balaban J connectivity index is 0.00000192. The molecule has 1 aromatic carbocycles. The number of carboxylic acid groups (broad SMARTS) is 1. The highest BCUT2D eigenvalue weighted by Gasteiger charge is 2.22. The van der Waals surface area contributed by atoms with Crippen LogP contribution in [0, 0.1) is 10.1 Å². The molecule has 0 aliphatic carbocycles. The molecule has 0 bridgehead atoms. The number of nitrogens with zero attached hydrogens (tertiary/aromatic N) is 3. The summed E-state index contributed by atoms with van der Waals surface area (Å²) in [7, 11) is 0. The third-order valence-corrected chi connectivity index (χ3v) is 2.97. The zero-order chi connectivity index (χ0) is 15.7. The number of hydrogen-bond donors (Lipinski definition) is 1. The average Bonchev–Trinajstić information content (AvgIpc) is 3.15. The molecule has 0 saturated carbocycles. The van der Waals surface area contributed by atoms with Crippen LogP contribution >= 0.6 is 12.4 Å². The van der Waals surface area contributed by atoms with Gasteiger partial charge in [-0.1, -0.05) is 18.2 Å². The van der Waals surface area contributed by atoms with Crippen molar-refractivity contribution in [3.8, 4) is 17.1 Å². The van der Waals surface area contributed by atoms with Gasteiger partial charge in [0.25, 0.3) is 0 Å². The first-order chi connectivity index (χ1) is 10.6. The highest BCUT2D eigenvalue weighted by Crippen LogP contribution is 2.28. The van der Waals surface area contributed by atoms with Gasteiger partial charge in [0.05, 0.1) is 11.8 Å². The van der Waals surface area contributed by atoms with E-state index < -0.39 is 16.8 Å². The van der Waals surface area contributed by atoms with Crippen molar-refractivity contribution in [3.63, 3.8) is 0 Å². The Morgan fingerprint density at radius 2 is 1.91 bits per heavy atom. The van der Waals surface area contributed by atoms with Crippen molar-refractivity contribution in [3.05, 3.63) is 64.3 Å². The van der Waals surface area contributed by atoms with Gasteiger partial charge in [-0.3, -0.25) is 10.1 Å². The third kappa shape index (κ3) is 3.06. The molecule has 0 unspecified atom stereocenters. The number of aromatic carboxylic acids is 1. The first kappa shape index (κ1) is 16.2. The van der Waals surface area contributed by atoms with Gasteiger partial charge in [-0.25, -0.2) is 9.48 Å². The van der Waals surface area contributed by atoms with Crippen LogP contribution < -0.4 is 0 Å². The summed E-state index contributed by atoms with van der Waals surface area (Å²) in [5.41, 5.74) is 0.592. The van der Waals surface area contributed by atoms with Gasteiger partial charge in [-0.15, -0.1) is 12.4 Å². The number of nitro groups is 1. The molecule has 0 fully saturated rings. The summed E-state index contributed by atoms with van der Waals surface area (Å²) in [5.74, 6) is -1.64.